The molecule has 2 rings (SSSR count). The zero-order valence-corrected chi connectivity index (χ0v) is 13.7. The van der Waals surface area contributed by atoms with Crippen molar-refractivity contribution >= 4 is 0 Å². The lowest BCUT2D eigenvalue weighted by Gasteiger charge is -2.37. The third-order valence-electron chi connectivity index (χ3n) is 4.82. The highest BCUT2D eigenvalue weighted by Crippen LogP contribution is 2.37. The number of benzene rings is 1. The first-order valence-corrected chi connectivity index (χ1v) is 8.15. The van der Waals surface area contributed by atoms with Crippen LogP contribution in [-0.2, 0) is 11.2 Å². The summed E-state index contributed by atoms with van der Waals surface area (Å²) in [5.74, 6) is 0.922. The Bertz CT molecular complexity index is 410. The maximum absolute atomic E-state index is 5.96. The lowest BCUT2D eigenvalue weighted by molar-refractivity contribution is -0.0372. The quantitative estimate of drug-likeness (QED) is 0.794. The average molecular weight is 291 g/mol. The molecule has 21 heavy (non-hydrogen) atoms. The molecule has 1 fully saturated rings. The predicted molar refractivity (Wildman–Crippen MR) is 87.0 cm³/mol. The third-order valence-corrected chi connectivity index (χ3v) is 4.82. The molecule has 1 unspecified atom stereocenters. The van der Waals surface area contributed by atoms with Gasteiger partial charge < -0.3 is 14.8 Å². The van der Waals surface area contributed by atoms with Crippen molar-refractivity contribution in [1.29, 1.82) is 0 Å². The minimum Gasteiger partial charge on any atom is -0.497 e. The summed E-state index contributed by atoms with van der Waals surface area (Å²) in [6, 6.07) is 8.85. The molecule has 1 aliphatic carbocycles. The van der Waals surface area contributed by atoms with Crippen molar-refractivity contribution in [2.24, 2.45) is 0 Å². The van der Waals surface area contributed by atoms with Crippen LogP contribution in [-0.4, -0.2) is 32.4 Å². The van der Waals surface area contributed by atoms with E-state index in [1.54, 1.807) is 7.11 Å². The summed E-state index contributed by atoms with van der Waals surface area (Å²) < 4.78 is 11.2. The summed E-state index contributed by atoms with van der Waals surface area (Å²) in [4.78, 5) is 0. The second-order valence-electron chi connectivity index (χ2n) is 5.97. The minimum absolute atomic E-state index is 0.0441. The smallest absolute Gasteiger partial charge is 0.118 e. The second kappa shape index (κ2) is 7.81. The Morgan fingerprint density at radius 1 is 1.14 bits per heavy atom. The molecule has 1 aliphatic rings. The monoisotopic (exact) mass is 291 g/mol. The largest absolute Gasteiger partial charge is 0.497 e. The lowest BCUT2D eigenvalue weighted by Crippen LogP contribution is -2.50. The van der Waals surface area contributed by atoms with Gasteiger partial charge in [-0.1, -0.05) is 31.9 Å². The zero-order valence-electron chi connectivity index (χ0n) is 13.7. The zero-order chi connectivity index (χ0) is 15.1. The molecule has 3 heteroatoms. The van der Waals surface area contributed by atoms with Gasteiger partial charge in [-0.05, 0) is 49.9 Å². The van der Waals surface area contributed by atoms with Crippen molar-refractivity contribution in [3.05, 3.63) is 29.8 Å². The van der Waals surface area contributed by atoms with Crippen LogP contribution in [0.4, 0.5) is 0 Å². The molecule has 3 nitrogen and oxygen atoms in total. The summed E-state index contributed by atoms with van der Waals surface area (Å²) >= 11 is 0. The molecular weight excluding hydrogens is 262 g/mol. The van der Waals surface area contributed by atoms with E-state index in [4.69, 9.17) is 9.47 Å². The van der Waals surface area contributed by atoms with Crippen LogP contribution in [0.5, 0.6) is 5.75 Å². The highest BCUT2D eigenvalue weighted by molar-refractivity contribution is 5.27. The van der Waals surface area contributed by atoms with E-state index in [2.05, 4.69) is 24.4 Å². The summed E-state index contributed by atoms with van der Waals surface area (Å²) in [6.45, 7) is 3.18. The first kappa shape index (κ1) is 16.3. The van der Waals surface area contributed by atoms with E-state index in [1.165, 1.54) is 31.2 Å². The van der Waals surface area contributed by atoms with Gasteiger partial charge in [0.1, 0.15) is 5.75 Å². The van der Waals surface area contributed by atoms with Gasteiger partial charge in [-0.2, -0.15) is 0 Å². The number of ether oxygens (including phenoxy) is 2. The fourth-order valence-corrected chi connectivity index (χ4v) is 3.57. The van der Waals surface area contributed by atoms with Crippen molar-refractivity contribution in [2.45, 2.75) is 57.1 Å². The van der Waals surface area contributed by atoms with Gasteiger partial charge in [-0.25, -0.2) is 0 Å². The number of likely N-dealkylation sites (N-methyl/N-ethyl adjacent to an activating group) is 1. The molecule has 1 saturated carbocycles. The van der Waals surface area contributed by atoms with E-state index in [9.17, 15) is 0 Å². The van der Waals surface area contributed by atoms with E-state index in [0.717, 1.165) is 25.1 Å². The standard InChI is InChI=1S/C18H29NO2/c1-4-19-17(18(21-3)13-5-6-14-18)12-9-15-7-10-16(20-2)11-8-15/h7-8,10-11,17,19H,4-6,9,12-14H2,1-3H3. The van der Waals surface area contributed by atoms with Crippen molar-refractivity contribution in [1.82, 2.24) is 5.32 Å². The first-order chi connectivity index (χ1) is 10.2. The maximum atomic E-state index is 5.96. The van der Waals surface area contributed by atoms with Gasteiger partial charge >= 0.3 is 0 Å². The van der Waals surface area contributed by atoms with E-state index in [-0.39, 0.29) is 5.60 Å². The highest BCUT2D eigenvalue weighted by atomic mass is 16.5. The van der Waals surface area contributed by atoms with Gasteiger partial charge in [0, 0.05) is 13.2 Å². The number of hydrogen-bond acceptors (Lipinski definition) is 3. The lowest BCUT2D eigenvalue weighted by atomic mass is 9.87. The Hall–Kier alpha value is -1.06. The second-order valence-corrected chi connectivity index (χ2v) is 5.97. The topological polar surface area (TPSA) is 30.5 Å². The van der Waals surface area contributed by atoms with Crippen molar-refractivity contribution < 1.29 is 9.47 Å². The summed E-state index contributed by atoms with van der Waals surface area (Å²) in [6.07, 6.45) is 7.14. The van der Waals surface area contributed by atoms with Crippen LogP contribution in [0.15, 0.2) is 24.3 Å². The average Bonchev–Trinajstić information content (AvgIpc) is 3.02. The van der Waals surface area contributed by atoms with Crippen LogP contribution >= 0.6 is 0 Å². The number of nitrogens with one attached hydrogen (secondary N) is 1. The molecule has 0 saturated heterocycles. The van der Waals surface area contributed by atoms with E-state index in [1.807, 2.05) is 19.2 Å². The SMILES string of the molecule is CCNC(CCc1ccc(OC)cc1)C1(OC)CCCC1. The molecule has 1 aromatic carbocycles. The van der Waals surface area contributed by atoms with E-state index in [0.29, 0.717) is 6.04 Å². The molecule has 0 heterocycles. The molecule has 0 aromatic heterocycles. The minimum atomic E-state index is 0.0441. The molecule has 1 N–H and O–H groups in total. The fourth-order valence-electron chi connectivity index (χ4n) is 3.57. The van der Waals surface area contributed by atoms with Crippen LogP contribution in [0.25, 0.3) is 0 Å². The van der Waals surface area contributed by atoms with E-state index >= 15 is 0 Å². The predicted octanol–water partition coefficient (Wildman–Crippen LogP) is 3.57. The molecule has 0 aliphatic heterocycles. The van der Waals surface area contributed by atoms with Crippen molar-refractivity contribution in [3.63, 3.8) is 0 Å². The summed E-state index contributed by atoms with van der Waals surface area (Å²) in [5, 5.41) is 3.66. The number of rotatable bonds is 8. The van der Waals surface area contributed by atoms with Gasteiger partial charge in [0.15, 0.2) is 0 Å². The van der Waals surface area contributed by atoms with Crippen LogP contribution in [0, 0.1) is 0 Å². The Morgan fingerprint density at radius 2 is 1.81 bits per heavy atom. The maximum Gasteiger partial charge on any atom is 0.118 e. The Labute approximate surface area is 129 Å². The van der Waals surface area contributed by atoms with Crippen LogP contribution in [0.3, 0.4) is 0 Å². The Balaban J connectivity index is 1.98. The molecule has 0 bridgehead atoms. The van der Waals surface area contributed by atoms with E-state index < -0.39 is 0 Å². The molecule has 0 spiro atoms. The number of aryl methyl sites for hydroxylation is 1. The third kappa shape index (κ3) is 3.98. The Kier molecular flexibility index (Phi) is 6.07. The molecular formula is C18H29NO2. The number of hydrogen-bond donors (Lipinski definition) is 1. The molecule has 0 radical (unpaired) electrons. The highest BCUT2D eigenvalue weighted by Gasteiger charge is 2.40. The van der Waals surface area contributed by atoms with Crippen LogP contribution in [0.1, 0.15) is 44.6 Å². The normalized spacial score (nSPS) is 18.6. The van der Waals surface area contributed by atoms with Crippen molar-refractivity contribution in [2.75, 3.05) is 20.8 Å². The van der Waals surface area contributed by atoms with Crippen LogP contribution < -0.4 is 10.1 Å². The summed E-state index contributed by atoms with van der Waals surface area (Å²) in [7, 11) is 3.59. The molecule has 118 valence electrons. The van der Waals surface area contributed by atoms with Gasteiger partial charge in [0.25, 0.3) is 0 Å². The molecule has 1 aromatic rings. The van der Waals surface area contributed by atoms with Gasteiger partial charge in [0.2, 0.25) is 0 Å². The number of methoxy groups -OCH3 is 2. The van der Waals surface area contributed by atoms with Gasteiger partial charge in [-0.3, -0.25) is 0 Å². The Morgan fingerprint density at radius 3 is 2.33 bits per heavy atom. The van der Waals surface area contributed by atoms with Crippen molar-refractivity contribution in [3.8, 4) is 5.75 Å². The molecule has 0 amide bonds. The van der Waals surface area contributed by atoms with Crippen LogP contribution in [0.2, 0.25) is 0 Å². The fraction of sp³-hybridized carbons (Fsp3) is 0.667. The van der Waals surface area contributed by atoms with Gasteiger partial charge in [0.05, 0.1) is 12.7 Å². The van der Waals surface area contributed by atoms with Gasteiger partial charge in [-0.15, -0.1) is 0 Å². The molecule has 1 atom stereocenters. The summed E-state index contributed by atoms with van der Waals surface area (Å²) in [5.41, 5.74) is 1.41. The first-order valence-electron chi connectivity index (χ1n) is 8.15.